The number of carbonyl (C=O) groups excluding carboxylic acids is 3. The van der Waals surface area contributed by atoms with Gasteiger partial charge in [0.2, 0.25) is 11.8 Å². The van der Waals surface area contributed by atoms with Crippen LogP contribution in [0.25, 0.3) is 0 Å². The highest BCUT2D eigenvalue weighted by Gasteiger charge is 2.77. The summed E-state index contributed by atoms with van der Waals surface area (Å²) in [7, 11) is 0. The van der Waals surface area contributed by atoms with E-state index in [-0.39, 0.29) is 48.1 Å². The van der Waals surface area contributed by atoms with Crippen LogP contribution in [0.15, 0.2) is 25.3 Å². The summed E-state index contributed by atoms with van der Waals surface area (Å²) in [6, 6.07) is -1.22. The molecule has 0 aromatic carbocycles. The van der Waals surface area contributed by atoms with Crippen LogP contribution in [0.2, 0.25) is 0 Å². The maximum Gasteiger partial charge on any atom is 0.310 e. The smallest absolute Gasteiger partial charge is 0.310 e. The van der Waals surface area contributed by atoms with E-state index in [1.165, 1.54) is 0 Å². The SMILES string of the molecule is C=CCCOC(=O)[C@@H]1[C@@H]2CC(C)C3(S2)C(C(=O)N(CC=C)CCCCC)N([C@@H](CO)[C@@H](C)CC)C(=O)[C@H]13. The lowest BCUT2D eigenvalue weighted by Crippen LogP contribution is -2.60. The van der Waals surface area contributed by atoms with Gasteiger partial charge in [-0.25, -0.2) is 0 Å². The molecule has 3 aliphatic heterocycles. The molecule has 0 aliphatic carbocycles. The number of esters is 1. The average Bonchev–Trinajstić information content (AvgIpc) is 3.47. The van der Waals surface area contributed by atoms with Crippen LogP contribution in [0.4, 0.5) is 0 Å². The summed E-state index contributed by atoms with van der Waals surface area (Å²) < 4.78 is 4.88. The van der Waals surface area contributed by atoms with E-state index in [0.717, 1.165) is 32.1 Å². The van der Waals surface area contributed by atoms with Crippen LogP contribution in [0.3, 0.4) is 0 Å². The lowest BCUT2D eigenvalue weighted by Gasteiger charge is -2.43. The van der Waals surface area contributed by atoms with Gasteiger partial charge in [0, 0.05) is 18.3 Å². The van der Waals surface area contributed by atoms with E-state index < -0.39 is 28.7 Å². The normalized spacial score (nSPS) is 31.6. The van der Waals surface area contributed by atoms with Gasteiger partial charge in [-0.2, -0.15) is 0 Å². The minimum atomic E-state index is -0.728. The molecule has 1 N–H and O–H groups in total. The highest BCUT2D eigenvalue weighted by atomic mass is 32.2. The van der Waals surface area contributed by atoms with Crippen molar-refractivity contribution in [3.63, 3.8) is 0 Å². The summed E-state index contributed by atoms with van der Waals surface area (Å²) in [5, 5.41) is 10.4. The Balaban J connectivity index is 2.08. The van der Waals surface area contributed by atoms with Gasteiger partial charge in [0.05, 0.1) is 35.8 Å². The Morgan fingerprint density at radius 2 is 2.03 bits per heavy atom. The number of hydrogen-bond acceptors (Lipinski definition) is 6. The second kappa shape index (κ2) is 12.8. The van der Waals surface area contributed by atoms with Crippen molar-refractivity contribution in [2.75, 3.05) is 26.3 Å². The third-order valence-electron chi connectivity index (χ3n) is 8.79. The molecule has 3 aliphatic rings. The van der Waals surface area contributed by atoms with Gasteiger partial charge in [-0.3, -0.25) is 14.4 Å². The summed E-state index contributed by atoms with van der Waals surface area (Å²) in [5.74, 6) is -1.76. The molecular weight excluding hydrogens is 488 g/mol. The van der Waals surface area contributed by atoms with Crippen LogP contribution in [-0.4, -0.2) is 81.1 Å². The maximum absolute atomic E-state index is 14.4. The number of hydrogen-bond donors (Lipinski definition) is 1. The molecule has 37 heavy (non-hydrogen) atoms. The molecule has 0 radical (unpaired) electrons. The lowest BCUT2D eigenvalue weighted by molar-refractivity contribution is -0.155. The first-order chi connectivity index (χ1) is 17.7. The molecule has 3 unspecified atom stereocenters. The molecule has 7 nitrogen and oxygen atoms in total. The molecule has 3 fully saturated rings. The van der Waals surface area contributed by atoms with Gasteiger partial charge in [-0.15, -0.1) is 24.9 Å². The molecule has 0 saturated carbocycles. The maximum atomic E-state index is 14.4. The fourth-order valence-corrected chi connectivity index (χ4v) is 9.08. The molecule has 208 valence electrons. The van der Waals surface area contributed by atoms with Crippen molar-refractivity contribution < 1.29 is 24.2 Å². The topological polar surface area (TPSA) is 87.2 Å². The minimum Gasteiger partial charge on any atom is -0.465 e. The zero-order valence-corrected chi connectivity index (χ0v) is 23.9. The zero-order valence-electron chi connectivity index (χ0n) is 23.1. The summed E-state index contributed by atoms with van der Waals surface area (Å²) in [4.78, 5) is 45.6. The highest BCUT2D eigenvalue weighted by Crippen LogP contribution is 2.69. The second-order valence-corrected chi connectivity index (χ2v) is 12.5. The lowest BCUT2D eigenvalue weighted by atomic mass is 9.66. The van der Waals surface area contributed by atoms with Crippen LogP contribution >= 0.6 is 11.8 Å². The summed E-state index contributed by atoms with van der Waals surface area (Å²) in [5.41, 5.74) is 0. The van der Waals surface area contributed by atoms with Crippen LogP contribution < -0.4 is 0 Å². The first-order valence-corrected chi connectivity index (χ1v) is 14.9. The van der Waals surface area contributed by atoms with E-state index in [4.69, 9.17) is 4.74 Å². The Morgan fingerprint density at radius 1 is 1.30 bits per heavy atom. The van der Waals surface area contributed by atoms with Gasteiger partial charge in [-0.05, 0) is 31.1 Å². The molecule has 0 aromatic rings. The van der Waals surface area contributed by atoms with E-state index >= 15 is 0 Å². The number of carbonyl (C=O) groups is 3. The summed E-state index contributed by atoms with van der Waals surface area (Å²) in [6.45, 7) is 16.9. The van der Waals surface area contributed by atoms with Gasteiger partial charge in [0.15, 0.2) is 0 Å². The Kier molecular flexibility index (Phi) is 10.3. The quantitative estimate of drug-likeness (QED) is 0.194. The number of fused-ring (bicyclic) bond motifs is 1. The Labute approximate surface area is 227 Å². The Morgan fingerprint density at radius 3 is 2.62 bits per heavy atom. The number of aliphatic hydroxyl groups is 1. The number of nitrogens with zero attached hydrogens (tertiary/aromatic N) is 2. The Bertz CT molecular complexity index is 865. The van der Waals surface area contributed by atoms with Crippen LogP contribution in [0.1, 0.15) is 66.2 Å². The fraction of sp³-hybridized carbons (Fsp3) is 0.759. The molecule has 8 heteroatoms. The molecule has 2 bridgehead atoms. The number of ether oxygens (including phenoxy) is 1. The van der Waals surface area contributed by atoms with Crippen LogP contribution in [0, 0.1) is 23.7 Å². The van der Waals surface area contributed by atoms with Gasteiger partial charge in [0.25, 0.3) is 0 Å². The predicted molar refractivity (Wildman–Crippen MR) is 148 cm³/mol. The van der Waals surface area contributed by atoms with E-state index in [1.807, 2.05) is 18.7 Å². The number of likely N-dealkylation sites (tertiary alicyclic amines) is 1. The monoisotopic (exact) mass is 534 g/mol. The third-order valence-corrected chi connectivity index (χ3v) is 10.9. The van der Waals surface area contributed by atoms with Crippen molar-refractivity contribution in [1.29, 1.82) is 0 Å². The molecule has 3 saturated heterocycles. The van der Waals surface area contributed by atoms with E-state index in [9.17, 15) is 19.5 Å². The van der Waals surface area contributed by atoms with Gasteiger partial charge >= 0.3 is 5.97 Å². The number of rotatable bonds is 15. The van der Waals surface area contributed by atoms with Crippen molar-refractivity contribution >= 4 is 29.5 Å². The molecule has 8 atom stereocenters. The van der Waals surface area contributed by atoms with Crippen LogP contribution in [0.5, 0.6) is 0 Å². The molecule has 1 spiro atoms. The number of amides is 2. The number of thioether (sulfide) groups is 1. The van der Waals surface area contributed by atoms with Gasteiger partial charge < -0.3 is 19.6 Å². The van der Waals surface area contributed by atoms with Crippen molar-refractivity contribution in [1.82, 2.24) is 9.80 Å². The molecule has 2 amide bonds. The average molecular weight is 535 g/mol. The van der Waals surface area contributed by atoms with Gasteiger partial charge in [-0.1, -0.05) is 59.1 Å². The van der Waals surface area contributed by atoms with Crippen molar-refractivity contribution in [2.45, 2.75) is 88.3 Å². The zero-order chi connectivity index (χ0) is 27.3. The number of aliphatic hydroxyl groups excluding tert-OH is 1. The first kappa shape index (κ1) is 29.8. The predicted octanol–water partition coefficient (Wildman–Crippen LogP) is 4.05. The molecule has 3 rings (SSSR count). The Hall–Kier alpha value is -1.80. The molecular formula is C29H46N2O5S. The van der Waals surface area contributed by atoms with Crippen molar-refractivity contribution in [2.24, 2.45) is 23.7 Å². The van der Waals surface area contributed by atoms with Gasteiger partial charge in [0.1, 0.15) is 6.04 Å². The van der Waals surface area contributed by atoms with E-state index in [1.54, 1.807) is 28.8 Å². The number of unbranched alkanes of at least 4 members (excludes halogenated alkanes) is 2. The summed E-state index contributed by atoms with van der Waals surface area (Å²) in [6.07, 6.45) is 8.45. The molecule has 3 heterocycles. The standard InChI is InChI=1S/C29H46N2O5S/c1-7-11-13-15-30(14-9-3)27(34)25-29-20(6)17-22(37-29)23(28(35)36-16-12-8-2)24(29)26(33)31(25)21(18-32)19(5)10-4/h8-9,19-25,32H,2-3,7,10-18H2,1,4-6H3/t19-,20?,21-,22-,23+,24-,25?,29?/m0/s1. The van der Waals surface area contributed by atoms with Crippen LogP contribution in [-0.2, 0) is 19.1 Å². The summed E-state index contributed by atoms with van der Waals surface area (Å²) >= 11 is 1.65. The van der Waals surface area contributed by atoms with Crippen molar-refractivity contribution in [3.05, 3.63) is 25.3 Å². The second-order valence-electron chi connectivity index (χ2n) is 11.0. The third kappa shape index (κ3) is 5.25. The first-order valence-electron chi connectivity index (χ1n) is 14.0. The highest BCUT2D eigenvalue weighted by molar-refractivity contribution is 8.02. The minimum absolute atomic E-state index is 0.00270. The van der Waals surface area contributed by atoms with E-state index in [2.05, 4.69) is 27.0 Å². The fourth-order valence-electron chi connectivity index (χ4n) is 6.69. The van der Waals surface area contributed by atoms with E-state index in [0.29, 0.717) is 19.5 Å². The largest absolute Gasteiger partial charge is 0.465 e. The van der Waals surface area contributed by atoms with Crippen molar-refractivity contribution in [3.8, 4) is 0 Å². The molecule has 0 aromatic heterocycles.